The minimum absolute atomic E-state index is 0.131. The molecule has 0 unspecified atom stereocenters. The van der Waals surface area contributed by atoms with E-state index in [1.165, 1.54) is 0 Å². The summed E-state index contributed by atoms with van der Waals surface area (Å²) in [4.78, 5) is 26.5. The Bertz CT molecular complexity index is 871. The molecule has 0 saturated heterocycles. The quantitative estimate of drug-likeness (QED) is 0.659. The Balaban J connectivity index is 1.63. The van der Waals surface area contributed by atoms with E-state index in [2.05, 4.69) is 15.5 Å². The molecule has 0 aliphatic carbocycles. The fraction of sp³-hybridized carbons (Fsp3) is 0.417. The standard InChI is InChI=1S/C24H31N3O5/c1-18-8-9-20(28)19(14-18)15-27-12-4-10-25-23(29)16-31-21-6-2-3-7-22(21)32-17-24(30)26-11-5-13-27/h2-3,6-9,14,28H,4-5,10-13,15-17H2,1H3,(H,25,29)(H,26,30). The first-order valence-electron chi connectivity index (χ1n) is 10.9. The van der Waals surface area contributed by atoms with Crippen molar-refractivity contribution >= 4 is 11.8 Å². The molecule has 3 N–H and O–H groups in total. The summed E-state index contributed by atoms with van der Waals surface area (Å²) in [5.41, 5.74) is 1.95. The van der Waals surface area contributed by atoms with Gasteiger partial charge in [0.2, 0.25) is 0 Å². The number of hydrogen-bond acceptors (Lipinski definition) is 6. The van der Waals surface area contributed by atoms with Gasteiger partial charge in [-0.1, -0.05) is 29.8 Å². The largest absolute Gasteiger partial charge is 0.508 e. The van der Waals surface area contributed by atoms with Crippen molar-refractivity contribution in [1.82, 2.24) is 15.5 Å². The van der Waals surface area contributed by atoms with Crippen molar-refractivity contribution in [2.75, 3.05) is 39.4 Å². The van der Waals surface area contributed by atoms with Crippen LogP contribution in [0.25, 0.3) is 0 Å². The molecule has 2 amide bonds. The van der Waals surface area contributed by atoms with Crippen molar-refractivity contribution in [2.24, 2.45) is 0 Å². The first-order valence-corrected chi connectivity index (χ1v) is 10.9. The number of para-hydroxylation sites is 2. The van der Waals surface area contributed by atoms with Gasteiger partial charge in [-0.25, -0.2) is 0 Å². The van der Waals surface area contributed by atoms with E-state index in [9.17, 15) is 14.7 Å². The Morgan fingerprint density at radius 1 is 0.906 bits per heavy atom. The molecule has 1 heterocycles. The topological polar surface area (TPSA) is 100 Å². The molecule has 0 bridgehead atoms. The van der Waals surface area contributed by atoms with E-state index in [-0.39, 0.29) is 30.8 Å². The number of phenolic OH excluding ortho intramolecular Hbond substituents is 1. The van der Waals surface area contributed by atoms with Crippen LogP contribution in [0.2, 0.25) is 0 Å². The second-order valence-corrected chi connectivity index (χ2v) is 7.84. The highest BCUT2D eigenvalue weighted by Gasteiger charge is 2.13. The number of benzene rings is 2. The van der Waals surface area contributed by atoms with Gasteiger partial charge in [-0.05, 0) is 38.0 Å². The van der Waals surface area contributed by atoms with E-state index in [0.29, 0.717) is 31.1 Å². The summed E-state index contributed by atoms with van der Waals surface area (Å²) < 4.78 is 11.2. The summed E-state index contributed by atoms with van der Waals surface area (Å²) in [7, 11) is 0. The molecule has 1 aliphatic heterocycles. The summed E-state index contributed by atoms with van der Waals surface area (Å²) in [5.74, 6) is 0.678. The molecule has 0 aromatic heterocycles. The Morgan fingerprint density at radius 2 is 1.47 bits per heavy atom. The van der Waals surface area contributed by atoms with Gasteiger partial charge >= 0.3 is 0 Å². The van der Waals surface area contributed by atoms with E-state index in [1.807, 2.05) is 19.1 Å². The highest BCUT2D eigenvalue weighted by molar-refractivity contribution is 5.78. The fourth-order valence-electron chi connectivity index (χ4n) is 3.49. The van der Waals surface area contributed by atoms with E-state index in [4.69, 9.17) is 9.47 Å². The molecule has 3 rings (SSSR count). The first-order chi connectivity index (χ1) is 15.5. The predicted molar refractivity (Wildman–Crippen MR) is 121 cm³/mol. The number of aryl methyl sites for hydroxylation is 1. The Labute approximate surface area is 188 Å². The average Bonchev–Trinajstić information content (AvgIpc) is 2.79. The zero-order valence-corrected chi connectivity index (χ0v) is 18.4. The summed E-state index contributed by atoms with van der Waals surface area (Å²) in [5, 5.41) is 15.9. The minimum atomic E-state index is -0.218. The molecule has 2 aromatic carbocycles. The van der Waals surface area contributed by atoms with Crippen LogP contribution in [0, 0.1) is 6.92 Å². The van der Waals surface area contributed by atoms with E-state index in [1.54, 1.807) is 30.3 Å². The Morgan fingerprint density at radius 3 is 2.03 bits per heavy atom. The van der Waals surface area contributed by atoms with E-state index >= 15 is 0 Å². The maximum atomic E-state index is 12.2. The maximum absolute atomic E-state index is 12.2. The van der Waals surface area contributed by atoms with Crippen LogP contribution in [-0.4, -0.2) is 61.2 Å². The van der Waals surface area contributed by atoms with Crippen molar-refractivity contribution in [1.29, 1.82) is 0 Å². The monoisotopic (exact) mass is 441 g/mol. The first kappa shape index (κ1) is 23.4. The number of carbonyl (C=O) groups is 2. The molecule has 0 fully saturated rings. The molecule has 8 heteroatoms. The van der Waals surface area contributed by atoms with Gasteiger partial charge in [0.15, 0.2) is 24.7 Å². The van der Waals surface area contributed by atoms with Gasteiger partial charge in [-0.3, -0.25) is 14.5 Å². The SMILES string of the molecule is Cc1ccc(O)c(CN2CCCNC(=O)COc3ccccc3OCC(=O)NCCC2)c1. The van der Waals surface area contributed by atoms with Crippen LogP contribution in [0.3, 0.4) is 0 Å². The number of hydrogen-bond donors (Lipinski definition) is 3. The number of rotatable bonds is 2. The smallest absolute Gasteiger partial charge is 0.257 e. The van der Waals surface area contributed by atoms with Crippen molar-refractivity contribution < 1.29 is 24.2 Å². The van der Waals surface area contributed by atoms with Crippen LogP contribution in [0.15, 0.2) is 42.5 Å². The highest BCUT2D eigenvalue weighted by Crippen LogP contribution is 2.26. The van der Waals surface area contributed by atoms with Crippen molar-refractivity contribution in [3.05, 3.63) is 53.6 Å². The average molecular weight is 442 g/mol. The van der Waals surface area contributed by atoms with Crippen LogP contribution in [0.5, 0.6) is 17.2 Å². The molecular formula is C24H31N3O5. The summed E-state index contributed by atoms with van der Waals surface area (Å²) in [6, 6.07) is 12.5. The third kappa shape index (κ3) is 7.46. The number of fused-ring (bicyclic) bond motifs is 1. The van der Waals surface area contributed by atoms with Gasteiger partial charge in [0, 0.05) is 38.3 Å². The van der Waals surface area contributed by atoms with Crippen LogP contribution in [0.4, 0.5) is 0 Å². The lowest BCUT2D eigenvalue weighted by Crippen LogP contribution is -2.34. The molecule has 0 saturated carbocycles. The zero-order valence-electron chi connectivity index (χ0n) is 18.4. The summed E-state index contributed by atoms with van der Waals surface area (Å²) in [6.07, 6.45) is 1.51. The molecule has 8 nitrogen and oxygen atoms in total. The van der Waals surface area contributed by atoms with Gasteiger partial charge in [0.1, 0.15) is 5.75 Å². The third-order valence-corrected chi connectivity index (χ3v) is 5.14. The number of aromatic hydroxyl groups is 1. The zero-order chi connectivity index (χ0) is 22.8. The lowest BCUT2D eigenvalue weighted by Gasteiger charge is -2.23. The molecule has 0 atom stereocenters. The van der Waals surface area contributed by atoms with Gasteiger partial charge in [0.05, 0.1) is 0 Å². The Kier molecular flexibility index (Phi) is 8.74. The minimum Gasteiger partial charge on any atom is -0.508 e. The van der Waals surface area contributed by atoms with Crippen LogP contribution in [-0.2, 0) is 16.1 Å². The number of ether oxygens (including phenoxy) is 2. The molecule has 1 aliphatic rings. The molecular weight excluding hydrogens is 410 g/mol. The van der Waals surface area contributed by atoms with E-state index in [0.717, 1.165) is 37.1 Å². The van der Waals surface area contributed by atoms with Gasteiger partial charge in [-0.15, -0.1) is 0 Å². The molecule has 172 valence electrons. The van der Waals surface area contributed by atoms with E-state index < -0.39 is 0 Å². The van der Waals surface area contributed by atoms with Crippen LogP contribution in [0.1, 0.15) is 24.0 Å². The second kappa shape index (κ2) is 12.0. The normalized spacial score (nSPS) is 17.2. The van der Waals surface area contributed by atoms with Gasteiger partial charge in [0.25, 0.3) is 11.8 Å². The lowest BCUT2D eigenvalue weighted by atomic mass is 10.1. The number of nitrogens with zero attached hydrogens (tertiary/aromatic N) is 1. The number of carbonyl (C=O) groups excluding carboxylic acids is 2. The number of amides is 2. The van der Waals surface area contributed by atoms with Crippen molar-refractivity contribution in [2.45, 2.75) is 26.3 Å². The van der Waals surface area contributed by atoms with Crippen LogP contribution >= 0.6 is 0 Å². The highest BCUT2D eigenvalue weighted by atomic mass is 16.5. The number of phenols is 1. The molecule has 2 aromatic rings. The Hall–Kier alpha value is -3.26. The fourth-order valence-corrected chi connectivity index (χ4v) is 3.49. The molecule has 0 radical (unpaired) electrons. The summed E-state index contributed by atoms with van der Waals surface area (Å²) in [6.45, 7) is 4.86. The summed E-state index contributed by atoms with van der Waals surface area (Å²) >= 11 is 0. The van der Waals surface area contributed by atoms with Gasteiger partial charge < -0.3 is 25.2 Å². The van der Waals surface area contributed by atoms with Crippen molar-refractivity contribution in [3.8, 4) is 17.2 Å². The van der Waals surface area contributed by atoms with Gasteiger partial charge in [-0.2, -0.15) is 0 Å². The van der Waals surface area contributed by atoms with Crippen molar-refractivity contribution in [3.63, 3.8) is 0 Å². The predicted octanol–water partition coefficient (Wildman–Crippen LogP) is 1.99. The third-order valence-electron chi connectivity index (χ3n) is 5.14. The molecule has 0 spiro atoms. The maximum Gasteiger partial charge on any atom is 0.257 e. The lowest BCUT2D eigenvalue weighted by molar-refractivity contribution is -0.124. The molecule has 32 heavy (non-hydrogen) atoms. The van der Waals surface area contributed by atoms with Crippen LogP contribution < -0.4 is 20.1 Å². The number of nitrogens with one attached hydrogen (secondary N) is 2. The second-order valence-electron chi connectivity index (χ2n) is 7.84.